The van der Waals surface area contributed by atoms with Crippen LogP contribution in [0.25, 0.3) is 16.6 Å². The molecule has 0 aromatic carbocycles. The smallest absolute Gasteiger partial charge is 0.103 e. The third-order valence-electron chi connectivity index (χ3n) is 5.27. The standard InChI is InChI=1S/C21H26N6OS/c1-15(2)29-20-8-16(12-27-21(20)17(9-22)10-24-27)18-11-23-26(13-18)19-4-3-5-25(14-19)6-7-28/h8,10-13,15,19,28H,3-7,14H2,1-2H3/t19-/m0/s1. The molecule has 4 heterocycles. The van der Waals surface area contributed by atoms with Gasteiger partial charge in [-0.15, -0.1) is 11.8 Å². The highest BCUT2D eigenvalue weighted by Gasteiger charge is 2.22. The van der Waals surface area contributed by atoms with Crippen molar-refractivity contribution < 1.29 is 5.11 Å². The Bertz CT molecular complexity index is 1030. The molecule has 152 valence electrons. The fourth-order valence-electron chi connectivity index (χ4n) is 3.95. The summed E-state index contributed by atoms with van der Waals surface area (Å²) in [4.78, 5) is 3.36. The first-order chi connectivity index (χ1) is 14.1. The normalized spacial score (nSPS) is 17.8. The van der Waals surface area contributed by atoms with Crippen LogP contribution in [0.2, 0.25) is 0 Å². The van der Waals surface area contributed by atoms with Crippen LogP contribution >= 0.6 is 11.8 Å². The van der Waals surface area contributed by atoms with Crippen LogP contribution < -0.4 is 0 Å². The van der Waals surface area contributed by atoms with Crippen molar-refractivity contribution in [1.29, 1.82) is 5.26 Å². The number of pyridine rings is 1. The number of aromatic nitrogens is 4. The van der Waals surface area contributed by atoms with Crippen molar-refractivity contribution in [2.75, 3.05) is 26.2 Å². The van der Waals surface area contributed by atoms with Crippen LogP contribution in [0.1, 0.15) is 38.3 Å². The first kappa shape index (κ1) is 20.0. The van der Waals surface area contributed by atoms with Gasteiger partial charge in [0.2, 0.25) is 0 Å². The zero-order valence-corrected chi connectivity index (χ0v) is 17.6. The van der Waals surface area contributed by atoms with Gasteiger partial charge in [-0.3, -0.25) is 9.58 Å². The van der Waals surface area contributed by atoms with E-state index in [0.29, 0.717) is 16.9 Å². The summed E-state index contributed by atoms with van der Waals surface area (Å²) in [5.41, 5.74) is 3.56. The molecular weight excluding hydrogens is 384 g/mol. The van der Waals surface area contributed by atoms with Crippen molar-refractivity contribution in [1.82, 2.24) is 24.3 Å². The number of nitriles is 1. The highest BCUT2D eigenvalue weighted by atomic mass is 32.2. The minimum Gasteiger partial charge on any atom is -0.395 e. The second-order valence-electron chi connectivity index (χ2n) is 7.75. The molecule has 0 bridgehead atoms. The molecule has 1 N–H and O–H groups in total. The lowest BCUT2D eigenvalue weighted by Crippen LogP contribution is -2.38. The van der Waals surface area contributed by atoms with E-state index in [4.69, 9.17) is 0 Å². The third kappa shape index (κ3) is 4.17. The van der Waals surface area contributed by atoms with Crippen LogP contribution in [-0.4, -0.2) is 60.9 Å². The molecule has 0 amide bonds. The molecule has 0 spiro atoms. The maximum Gasteiger partial charge on any atom is 0.103 e. The number of nitrogens with zero attached hydrogens (tertiary/aromatic N) is 6. The average molecular weight is 411 g/mol. The summed E-state index contributed by atoms with van der Waals surface area (Å²) in [6.45, 7) is 7.17. The molecule has 8 heteroatoms. The summed E-state index contributed by atoms with van der Waals surface area (Å²) < 4.78 is 3.86. The number of rotatable bonds is 6. The van der Waals surface area contributed by atoms with Crippen molar-refractivity contribution in [2.45, 2.75) is 42.9 Å². The fraction of sp³-hybridized carbons (Fsp3) is 0.476. The Kier molecular flexibility index (Phi) is 5.90. The molecule has 0 aliphatic carbocycles. The van der Waals surface area contributed by atoms with E-state index >= 15 is 0 Å². The number of hydrogen-bond donors (Lipinski definition) is 1. The second kappa shape index (κ2) is 8.57. The van der Waals surface area contributed by atoms with E-state index in [1.165, 1.54) is 0 Å². The summed E-state index contributed by atoms with van der Waals surface area (Å²) in [7, 11) is 0. The lowest BCUT2D eigenvalue weighted by atomic mass is 10.1. The molecule has 3 aromatic rings. The number of likely N-dealkylation sites (tertiary alicyclic amines) is 1. The van der Waals surface area contributed by atoms with Gasteiger partial charge in [0.1, 0.15) is 6.07 Å². The van der Waals surface area contributed by atoms with Crippen molar-refractivity contribution >= 4 is 17.3 Å². The van der Waals surface area contributed by atoms with Gasteiger partial charge in [-0.1, -0.05) is 13.8 Å². The number of piperidine rings is 1. The molecule has 1 saturated heterocycles. The van der Waals surface area contributed by atoms with Crippen LogP contribution in [0.15, 0.2) is 35.7 Å². The van der Waals surface area contributed by atoms with Crippen LogP contribution in [-0.2, 0) is 0 Å². The minimum atomic E-state index is 0.196. The highest BCUT2D eigenvalue weighted by Crippen LogP contribution is 2.34. The molecule has 1 aliphatic heterocycles. The van der Waals surface area contributed by atoms with Crippen LogP contribution in [0.4, 0.5) is 0 Å². The quantitative estimate of drug-likeness (QED) is 0.629. The van der Waals surface area contributed by atoms with E-state index < -0.39 is 0 Å². The molecule has 1 atom stereocenters. The van der Waals surface area contributed by atoms with Gasteiger partial charge in [0, 0.05) is 46.8 Å². The number of fused-ring (bicyclic) bond motifs is 1. The Balaban J connectivity index is 1.66. The predicted molar refractivity (Wildman–Crippen MR) is 114 cm³/mol. The number of aliphatic hydroxyl groups is 1. The monoisotopic (exact) mass is 410 g/mol. The second-order valence-corrected chi connectivity index (χ2v) is 9.37. The van der Waals surface area contributed by atoms with E-state index in [-0.39, 0.29) is 6.61 Å². The highest BCUT2D eigenvalue weighted by molar-refractivity contribution is 8.00. The Labute approximate surface area is 174 Å². The summed E-state index contributed by atoms with van der Waals surface area (Å²) in [6, 6.07) is 4.72. The molecule has 0 unspecified atom stereocenters. The molecular formula is C21H26N6OS. The van der Waals surface area contributed by atoms with Crippen molar-refractivity contribution in [3.63, 3.8) is 0 Å². The lowest BCUT2D eigenvalue weighted by Gasteiger charge is -2.32. The summed E-state index contributed by atoms with van der Waals surface area (Å²) in [6.07, 6.45) is 9.83. The Morgan fingerprint density at radius 2 is 2.14 bits per heavy atom. The van der Waals surface area contributed by atoms with E-state index in [1.54, 1.807) is 22.5 Å². The van der Waals surface area contributed by atoms with Crippen LogP contribution in [0.3, 0.4) is 0 Å². The van der Waals surface area contributed by atoms with Gasteiger partial charge < -0.3 is 5.11 Å². The van der Waals surface area contributed by atoms with Crippen molar-refractivity contribution in [3.8, 4) is 17.2 Å². The molecule has 4 rings (SSSR count). The maximum atomic E-state index is 9.43. The average Bonchev–Trinajstić information content (AvgIpc) is 3.35. The van der Waals surface area contributed by atoms with Gasteiger partial charge in [0.25, 0.3) is 0 Å². The Morgan fingerprint density at radius 3 is 2.90 bits per heavy atom. The number of β-amino-alcohol motifs (C(OH)–C–C–N with tert-alkyl or cyclic N) is 1. The SMILES string of the molecule is CC(C)Sc1cc(-c2cnn([C@H]3CCCN(CCO)C3)c2)cn2ncc(C#N)c12. The van der Waals surface area contributed by atoms with Crippen LogP contribution in [0, 0.1) is 11.3 Å². The largest absolute Gasteiger partial charge is 0.395 e. The fourth-order valence-corrected chi connectivity index (χ4v) is 4.96. The van der Waals surface area contributed by atoms with Gasteiger partial charge >= 0.3 is 0 Å². The van der Waals surface area contributed by atoms with Gasteiger partial charge in [0.15, 0.2) is 0 Å². The molecule has 7 nitrogen and oxygen atoms in total. The maximum absolute atomic E-state index is 9.43. The lowest BCUT2D eigenvalue weighted by molar-refractivity contribution is 0.138. The van der Waals surface area contributed by atoms with Gasteiger partial charge in [-0.25, -0.2) is 4.52 Å². The zero-order chi connectivity index (χ0) is 20.4. The third-order valence-corrected chi connectivity index (χ3v) is 6.30. The minimum absolute atomic E-state index is 0.196. The zero-order valence-electron chi connectivity index (χ0n) is 16.8. The first-order valence-corrected chi connectivity index (χ1v) is 10.9. The van der Waals surface area contributed by atoms with Crippen molar-refractivity contribution in [3.05, 3.63) is 36.4 Å². The molecule has 1 fully saturated rings. The Hall–Kier alpha value is -2.34. The number of thioether (sulfide) groups is 1. The van der Waals surface area contributed by atoms with Crippen LogP contribution in [0.5, 0.6) is 0 Å². The van der Waals surface area contributed by atoms with Gasteiger partial charge in [-0.05, 0) is 25.5 Å². The van der Waals surface area contributed by atoms with Gasteiger partial charge in [-0.2, -0.15) is 15.5 Å². The van der Waals surface area contributed by atoms with E-state index in [0.717, 1.165) is 54.0 Å². The van der Waals surface area contributed by atoms with E-state index in [9.17, 15) is 10.4 Å². The number of aliphatic hydroxyl groups excluding tert-OH is 1. The molecule has 0 radical (unpaired) electrons. The molecule has 0 saturated carbocycles. The van der Waals surface area contributed by atoms with E-state index in [1.807, 2.05) is 12.4 Å². The molecule has 3 aromatic heterocycles. The summed E-state index contributed by atoms with van der Waals surface area (Å²) in [5, 5.41) is 28.1. The van der Waals surface area contributed by atoms with Crippen molar-refractivity contribution in [2.24, 2.45) is 0 Å². The summed E-state index contributed by atoms with van der Waals surface area (Å²) >= 11 is 1.74. The van der Waals surface area contributed by atoms with Gasteiger partial charge in [0.05, 0.1) is 36.1 Å². The topological polar surface area (TPSA) is 82.4 Å². The molecule has 1 aliphatic rings. The predicted octanol–water partition coefficient (Wildman–Crippen LogP) is 3.20. The number of hydrogen-bond acceptors (Lipinski definition) is 6. The van der Waals surface area contributed by atoms with E-state index in [2.05, 4.69) is 52.0 Å². The Morgan fingerprint density at radius 1 is 1.28 bits per heavy atom. The molecule has 29 heavy (non-hydrogen) atoms. The summed E-state index contributed by atoms with van der Waals surface area (Å²) in [5.74, 6) is 0. The first-order valence-electron chi connectivity index (χ1n) is 10.0.